The van der Waals surface area contributed by atoms with E-state index < -0.39 is 30.0 Å². The molecular formula is C19H18N2O5. The number of amides is 3. The Morgan fingerprint density at radius 1 is 1.04 bits per heavy atom. The van der Waals surface area contributed by atoms with Crippen molar-refractivity contribution in [2.45, 2.75) is 19.0 Å². The number of imide groups is 1. The quantitative estimate of drug-likeness (QED) is 0.802. The number of aliphatic carboxylic acids is 1. The second kappa shape index (κ2) is 6.51. The fraction of sp³-hybridized carbons (Fsp3) is 0.211. The number of carbonyl (C=O) groups excluding carboxylic acids is 2. The highest BCUT2D eigenvalue weighted by Gasteiger charge is 2.55. The molecule has 26 heavy (non-hydrogen) atoms. The van der Waals surface area contributed by atoms with Crippen molar-refractivity contribution in [3.05, 3.63) is 65.7 Å². The Morgan fingerprint density at radius 3 is 2.23 bits per heavy atom. The topological polar surface area (TPSA) is 98.1 Å². The number of carboxylic acids is 1. The van der Waals surface area contributed by atoms with E-state index in [4.69, 9.17) is 5.11 Å². The molecule has 1 saturated heterocycles. The molecule has 1 heterocycles. The number of aromatic hydroxyl groups is 1. The first-order valence-corrected chi connectivity index (χ1v) is 8.03. The van der Waals surface area contributed by atoms with Gasteiger partial charge < -0.3 is 15.1 Å². The van der Waals surface area contributed by atoms with Crippen LogP contribution in [0.2, 0.25) is 0 Å². The van der Waals surface area contributed by atoms with Gasteiger partial charge in [-0.05, 0) is 30.2 Å². The van der Waals surface area contributed by atoms with E-state index in [0.29, 0.717) is 5.56 Å². The van der Waals surface area contributed by atoms with Gasteiger partial charge in [-0.15, -0.1) is 0 Å². The lowest BCUT2D eigenvalue weighted by molar-refractivity contribution is -0.143. The predicted octanol–water partition coefficient (Wildman–Crippen LogP) is 2.16. The molecule has 1 unspecified atom stereocenters. The first-order chi connectivity index (χ1) is 12.3. The van der Waals surface area contributed by atoms with Crippen LogP contribution in [0.25, 0.3) is 0 Å². The number of phenols is 1. The molecule has 2 N–H and O–H groups in total. The first-order valence-electron chi connectivity index (χ1n) is 8.03. The van der Waals surface area contributed by atoms with E-state index in [-0.39, 0.29) is 12.3 Å². The highest BCUT2D eigenvalue weighted by atomic mass is 16.4. The second-order valence-corrected chi connectivity index (χ2v) is 6.26. The fourth-order valence-corrected chi connectivity index (χ4v) is 3.13. The van der Waals surface area contributed by atoms with E-state index in [1.165, 1.54) is 17.0 Å². The third-order valence-electron chi connectivity index (χ3n) is 4.57. The summed E-state index contributed by atoms with van der Waals surface area (Å²) in [6.45, 7) is 1.04. The predicted molar refractivity (Wildman–Crippen MR) is 92.2 cm³/mol. The van der Waals surface area contributed by atoms with Gasteiger partial charge in [-0.3, -0.25) is 14.5 Å². The number of urea groups is 1. The summed E-state index contributed by atoms with van der Waals surface area (Å²) in [6.07, 6.45) is 0. The number of carboxylic acid groups (broad SMARTS) is 1. The zero-order valence-corrected chi connectivity index (χ0v) is 14.1. The molecule has 0 saturated carbocycles. The van der Waals surface area contributed by atoms with Gasteiger partial charge in [0.25, 0.3) is 5.91 Å². The third kappa shape index (κ3) is 2.88. The standard InChI is InChI=1S/C19H18N2O5/c1-19(14-7-9-15(22)10-8-14)17(25)20(12-16(23)24)18(26)21(19)11-13-5-3-2-4-6-13/h2-10,22H,11-12H2,1H3,(H,23,24). The Bertz CT molecular complexity index is 850. The Kier molecular flexibility index (Phi) is 4.38. The number of hydrogen-bond donors (Lipinski definition) is 2. The number of carbonyl (C=O) groups is 3. The molecule has 1 aliphatic rings. The lowest BCUT2D eigenvalue weighted by Gasteiger charge is -2.32. The SMILES string of the molecule is CC1(c2ccc(O)cc2)C(=O)N(CC(=O)O)C(=O)N1Cc1ccccc1. The monoisotopic (exact) mass is 354 g/mol. The van der Waals surface area contributed by atoms with Crippen LogP contribution in [0, 0.1) is 0 Å². The maximum Gasteiger partial charge on any atom is 0.328 e. The van der Waals surface area contributed by atoms with Crippen LogP contribution in [0.15, 0.2) is 54.6 Å². The molecule has 0 aliphatic carbocycles. The minimum absolute atomic E-state index is 0.0334. The van der Waals surface area contributed by atoms with Crippen molar-refractivity contribution in [3.8, 4) is 5.75 Å². The van der Waals surface area contributed by atoms with Crippen LogP contribution >= 0.6 is 0 Å². The van der Waals surface area contributed by atoms with E-state index in [2.05, 4.69) is 0 Å². The van der Waals surface area contributed by atoms with Gasteiger partial charge in [-0.1, -0.05) is 42.5 Å². The zero-order chi connectivity index (χ0) is 18.9. The van der Waals surface area contributed by atoms with Crippen molar-refractivity contribution in [1.82, 2.24) is 9.80 Å². The molecule has 3 amide bonds. The highest BCUT2D eigenvalue weighted by Crippen LogP contribution is 2.38. The van der Waals surface area contributed by atoms with Gasteiger partial charge in [0.05, 0.1) is 0 Å². The van der Waals surface area contributed by atoms with Gasteiger partial charge >= 0.3 is 12.0 Å². The third-order valence-corrected chi connectivity index (χ3v) is 4.57. The average molecular weight is 354 g/mol. The Hall–Kier alpha value is -3.35. The Labute approximate surface area is 150 Å². The molecule has 7 nitrogen and oxygen atoms in total. The number of nitrogens with zero attached hydrogens (tertiary/aromatic N) is 2. The van der Waals surface area contributed by atoms with Crippen molar-refractivity contribution in [3.63, 3.8) is 0 Å². The van der Waals surface area contributed by atoms with Gasteiger partial charge in [-0.25, -0.2) is 4.79 Å². The van der Waals surface area contributed by atoms with Crippen LogP contribution in [0.3, 0.4) is 0 Å². The van der Waals surface area contributed by atoms with Crippen LogP contribution in [0.4, 0.5) is 4.79 Å². The van der Waals surface area contributed by atoms with Crippen molar-refractivity contribution in [2.75, 3.05) is 6.54 Å². The minimum atomic E-state index is -1.37. The summed E-state index contributed by atoms with van der Waals surface area (Å²) in [6, 6.07) is 14.5. The van der Waals surface area contributed by atoms with Gasteiger partial charge in [0.1, 0.15) is 17.8 Å². The molecule has 0 aromatic heterocycles. The van der Waals surface area contributed by atoms with Crippen LogP contribution in [0.1, 0.15) is 18.1 Å². The molecule has 134 valence electrons. The summed E-state index contributed by atoms with van der Waals surface area (Å²) >= 11 is 0. The minimum Gasteiger partial charge on any atom is -0.508 e. The molecule has 1 aliphatic heterocycles. The molecule has 1 atom stereocenters. The van der Waals surface area contributed by atoms with Crippen molar-refractivity contribution in [1.29, 1.82) is 0 Å². The zero-order valence-electron chi connectivity index (χ0n) is 14.1. The van der Waals surface area contributed by atoms with E-state index in [1.807, 2.05) is 30.3 Å². The number of benzene rings is 2. The molecule has 2 aromatic carbocycles. The van der Waals surface area contributed by atoms with E-state index in [1.54, 1.807) is 19.1 Å². The van der Waals surface area contributed by atoms with Crippen molar-refractivity contribution < 1.29 is 24.6 Å². The fourth-order valence-electron chi connectivity index (χ4n) is 3.13. The van der Waals surface area contributed by atoms with Crippen molar-refractivity contribution >= 4 is 17.9 Å². The summed E-state index contributed by atoms with van der Waals surface area (Å²) < 4.78 is 0. The largest absolute Gasteiger partial charge is 0.508 e. The van der Waals surface area contributed by atoms with Crippen molar-refractivity contribution in [2.24, 2.45) is 0 Å². The molecular weight excluding hydrogens is 336 g/mol. The van der Waals surface area contributed by atoms with Gasteiger partial charge in [0.15, 0.2) is 0 Å². The number of rotatable bonds is 5. The van der Waals surface area contributed by atoms with Crippen LogP contribution in [0.5, 0.6) is 5.75 Å². The van der Waals surface area contributed by atoms with Crippen LogP contribution in [-0.4, -0.2) is 44.5 Å². The first kappa shape index (κ1) is 17.5. The summed E-state index contributed by atoms with van der Waals surface area (Å²) in [5, 5.41) is 18.6. The summed E-state index contributed by atoms with van der Waals surface area (Å²) in [7, 11) is 0. The molecule has 0 radical (unpaired) electrons. The van der Waals surface area contributed by atoms with Crippen LogP contribution in [-0.2, 0) is 21.7 Å². The Balaban J connectivity index is 2.06. The summed E-state index contributed by atoms with van der Waals surface area (Å²) in [5.74, 6) is -1.83. The smallest absolute Gasteiger partial charge is 0.328 e. The maximum absolute atomic E-state index is 13.0. The van der Waals surface area contributed by atoms with E-state index >= 15 is 0 Å². The second-order valence-electron chi connectivity index (χ2n) is 6.26. The average Bonchev–Trinajstić information content (AvgIpc) is 2.79. The molecule has 3 rings (SSSR count). The van der Waals surface area contributed by atoms with Gasteiger partial charge in [-0.2, -0.15) is 0 Å². The number of hydrogen-bond acceptors (Lipinski definition) is 4. The van der Waals surface area contributed by atoms with Crippen LogP contribution < -0.4 is 0 Å². The van der Waals surface area contributed by atoms with E-state index in [0.717, 1.165) is 10.5 Å². The normalized spacial score (nSPS) is 19.9. The molecule has 2 aromatic rings. The summed E-state index contributed by atoms with van der Waals surface area (Å²) in [4.78, 5) is 39.0. The molecule has 0 spiro atoms. The molecule has 7 heteroatoms. The Morgan fingerprint density at radius 2 is 1.65 bits per heavy atom. The van der Waals surface area contributed by atoms with Gasteiger partial charge in [0, 0.05) is 6.54 Å². The molecule has 1 fully saturated rings. The number of phenolic OH excluding ortho intramolecular Hbond substituents is 1. The van der Waals surface area contributed by atoms with Gasteiger partial charge in [0.2, 0.25) is 0 Å². The lowest BCUT2D eigenvalue weighted by Crippen LogP contribution is -2.44. The molecule has 0 bridgehead atoms. The highest BCUT2D eigenvalue weighted by molar-refractivity contribution is 6.08. The summed E-state index contributed by atoms with van der Waals surface area (Å²) in [5.41, 5.74) is -0.0518. The van der Waals surface area contributed by atoms with E-state index in [9.17, 15) is 19.5 Å². The maximum atomic E-state index is 13.0. The lowest BCUT2D eigenvalue weighted by atomic mass is 9.90.